The number of likely N-dealkylation sites (tertiary alicyclic amines) is 1. The first kappa shape index (κ1) is 14.9. The highest BCUT2D eigenvalue weighted by Gasteiger charge is 2.30. The van der Waals surface area contributed by atoms with E-state index in [-0.39, 0.29) is 17.3 Å². The van der Waals surface area contributed by atoms with Crippen molar-refractivity contribution in [2.45, 2.75) is 31.9 Å². The maximum Gasteiger partial charge on any atom is 0.124 e. The van der Waals surface area contributed by atoms with Crippen molar-refractivity contribution in [3.63, 3.8) is 0 Å². The van der Waals surface area contributed by atoms with E-state index in [4.69, 9.17) is 15.9 Å². The summed E-state index contributed by atoms with van der Waals surface area (Å²) >= 11 is 0. The Morgan fingerprint density at radius 2 is 2.25 bits per heavy atom. The van der Waals surface area contributed by atoms with E-state index in [1.165, 1.54) is 12.1 Å². The Bertz CT molecular complexity index is 506. The van der Waals surface area contributed by atoms with Crippen LogP contribution in [0, 0.1) is 11.2 Å². The lowest BCUT2D eigenvalue weighted by Crippen LogP contribution is -2.46. The van der Waals surface area contributed by atoms with Crippen molar-refractivity contribution in [2.24, 2.45) is 5.73 Å². The molecule has 1 aliphatic rings. The Hall–Kier alpha value is -1.46. The van der Waals surface area contributed by atoms with E-state index in [1.54, 1.807) is 13.2 Å². The molecule has 110 valence electrons. The quantitative estimate of drug-likeness (QED) is 0.655. The molecule has 1 unspecified atom stereocenters. The Kier molecular flexibility index (Phi) is 4.40. The molecule has 1 aromatic rings. The topological polar surface area (TPSA) is 62.3 Å². The molecule has 1 atom stereocenters. The number of ether oxygens (including phenoxy) is 1. The number of nitrogens with two attached hydrogens (primary N) is 1. The van der Waals surface area contributed by atoms with Gasteiger partial charge in [0.25, 0.3) is 0 Å². The van der Waals surface area contributed by atoms with Crippen LogP contribution in [0.15, 0.2) is 18.2 Å². The van der Waals surface area contributed by atoms with Gasteiger partial charge >= 0.3 is 0 Å². The molecule has 1 saturated heterocycles. The molecule has 4 nitrogen and oxygen atoms in total. The Morgan fingerprint density at radius 3 is 2.90 bits per heavy atom. The minimum Gasteiger partial charge on any atom is -0.384 e. The maximum absolute atomic E-state index is 13.6. The molecule has 0 saturated carbocycles. The van der Waals surface area contributed by atoms with Gasteiger partial charge in [-0.2, -0.15) is 0 Å². The van der Waals surface area contributed by atoms with Gasteiger partial charge in [0.15, 0.2) is 0 Å². The molecule has 1 fully saturated rings. The summed E-state index contributed by atoms with van der Waals surface area (Å²) in [5.74, 6) is -0.453. The van der Waals surface area contributed by atoms with Crippen molar-refractivity contribution >= 4 is 5.84 Å². The minimum absolute atomic E-state index is 0.105. The third kappa shape index (κ3) is 3.55. The van der Waals surface area contributed by atoms with Gasteiger partial charge in [-0.1, -0.05) is 0 Å². The normalized spacial score (nSPS) is 23.8. The fraction of sp³-hybridized carbons (Fsp3) is 0.533. The summed E-state index contributed by atoms with van der Waals surface area (Å²) in [6.45, 7) is 4.56. The zero-order valence-electron chi connectivity index (χ0n) is 12.1. The second kappa shape index (κ2) is 5.89. The molecule has 3 N–H and O–H groups in total. The van der Waals surface area contributed by atoms with E-state index in [9.17, 15) is 4.39 Å². The number of amidine groups is 1. The summed E-state index contributed by atoms with van der Waals surface area (Å²) < 4.78 is 19.1. The average Bonchev–Trinajstić information content (AvgIpc) is 2.38. The van der Waals surface area contributed by atoms with Crippen LogP contribution in [0.5, 0.6) is 0 Å². The first-order valence-electron chi connectivity index (χ1n) is 6.83. The Balaban J connectivity index is 2.11. The molecular weight excluding hydrogens is 257 g/mol. The van der Waals surface area contributed by atoms with Crippen LogP contribution in [0.1, 0.15) is 30.9 Å². The summed E-state index contributed by atoms with van der Waals surface area (Å²) in [6.07, 6.45) is 2.11. The van der Waals surface area contributed by atoms with Crippen LogP contribution in [0.3, 0.4) is 0 Å². The lowest BCUT2D eigenvalue weighted by Gasteiger charge is -2.39. The van der Waals surface area contributed by atoms with E-state index in [0.717, 1.165) is 31.5 Å². The molecule has 1 aliphatic heterocycles. The van der Waals surface area contributed by atoms with Crippen molar-refractivity contribution in [3.8, 4) is 0 Å². The predicted octanol–water partition coefficient (Wildman–Crippen LogP) is 2.11. The number of nitrogens with one attached hydrogen (secondary N) is 1. The van der Waals surface area contributed by atoms with Gasteiger partial charge in [-0.3, -0.25) is 10.3 Å². The molecule has 5 heteroatoms. The van der Waals surface area contributed by atoms with Crippen LogP contribution in [0.25, 0.3) is 0 Å². The highest BCUT2D eigenvalue weighted by Crippen LogP contribution is 2.25. The monoisotopic (exact) mass is 279 g/mol. The van der Waals surface area contributed by atoms with Gasteiger partial charge in [0.1, 0.15) is 11.7 Å². The van der Waals surface area contributed by atoms with E-state index < -0.39 is 0 Å². The maximum atomic E-state index is 13.6. The van der Waals surface area contributed by atoms with Crippen molar-refractivity contribution < 1.29 is 9.13 Å². The highest BCUT2D eigenvalue weighted by atomic mass is 19.1. The van der Waals surface area contributed by atoms with E-state index in [1.807, 2.05) is 0 Å². The molecule has 1 aromatic carbocycles. The highest BCUT2D eigenvalue weighted by molar-refractivity contribution is 5.95. The van der Waals surface area contributed by atoms with Crippen LogP contribution in [0.2, 0.25) is 0 Å². The van der Waals surface area contributed by atoms with Crippen LogP contribution >= 0.6 is 0 Å². The molecule has 0 amide bonds. The number of piperidine rings is 1. The predicted molar refractivity (Wildman–Crippen MR) is 77.3 cm³/mol. The number of benzene rings is 1. The summed E-state index contributed by atoms with van der Waals surface area (Å²) in [6, 6.07) is 4.58. The van der Waals surface area contributed by atoms with E-state index in [0.29, 0.717) is 12.1 Å². The second-order valence-electron chi connectivity index (χ2n) is 5.73. The summed E-state index contributed by atoms with van der Waals surface area (Å²) in [5.41, 5.74) is 6.58. The molecule has 0 aromatic heterocycles. The Labute approximate surface area is 119 Å². The number of nitrogens with zero attached hydrogens (tertiary/aromatic N) is 1. The summed E-state index contributed by atoms with van der Waals surface area (Å²) in [5, 5.41) is 7.42. The van der Waals surface area contributed by atoms with Crippen molar-refractivity contribution in [1.29, 1.82) is 5.41 Å². The molecule has 0 aliphatic carbocycles. The number of rotatable bonds is 4. The number of methoxy groups -OCH3 is 1. The molecular formula is C15H22FN3O. The molecule has 0 radical (unpaired) electrons. The fourth-order valence-corrected chi connectivity index (χ4v) is 2.76. The van der Waals surface area contributed by atoms with Crippen LogP contribution < -0.4 is 5.73 Å². The van der Waals surface area contributed by atoms with Gasteiger partial charge in [0.05, 0.1) is 5.60 Å². The second-order valence-corrected chi connectivity index (χ2v) is 5.73. The zero-order chi connectivity index (χ0) is 14.8. The largest absolute Gasteiger partial charge is 0.384 e. The fourth-order valence-electron chi connectivity index (χ4n) is 2.76. The number of hydrogen-bond donors (Lipinski definition) is 2. The standard InChI is InChI=1S/C15H22FN3O/c1-15(20-2)4-3-5-19(10-15)9-11-6-12(14(17)18)8-13(16)7-11/h6-8H,3-5,9-10H2,1-2H3,(H3,17,18). The minimum atomic E-state index is -0.348. The first-order chi connectivity index (χ1) is 9.42. The Morgan fingerprint density at radius 1 is 1.50 bits per heavy atom. The van der Waals surface area contributed by atoms with Crippen molar-refractivity contribution in [2.75, 3.05) is 20.2 Å². The van der Waals surface area contributed by atoms with Crippen molar-refractivity contribution in [3.05, 3.63) is 35.1 Å². The van der Waals surface area contributed by atoms with Gasteiger partial charge in [0, 0.05) is 25.8 Å². The third-order valence-corrected chi connectivity index (χ3v) is 3.91. The van der Waals surface area contributed by atoms with E-state index in [2.05, 4.69) is 11.8 Å². The summed E-state index contributed by atoms with van der Waals surface area (Å²) in [4.78, 5) is 2.26. The van der Waals surface area contributed by atoms with Crippen molar-refractivity contribution in [1.82, 2.24) is 4.90 Å². The van der Waals surface area contributed by atoms with Crippen LogP contribution in [0.4, 0.5) is 4.39 Å². The molecule has 1 heterocycles. The van der Waals surface area contributed by atoms with Gasteiger partial charge in [-0.25, -0.2) is 4.39 Å². The lowest BCUT2D eigenvalue weighted by atomic mass is 9.94. The van der Waals surface area contributed by atoms with Gasteiger partial charge in [-0.05, 0) is 50.1 Å². The van der Waals surface area contributed by atoms with Crippen LogP contribution in [-0.4, -0.2) is 36.5 Å². The van der Waals surface area contributed by atoms with E-state index >= 15 is 0 Å². The van der Waals surface area contributed by atoms with Gasteiger partial charge < -0.3 is 10.5 Å². The third-order valence-electron chi connectivity index (χ3n) is 3.91. The molecule has 2 rings (SSSR count). The van der Waals surface area contributed by atoms with Gasteiger partial charge in [-0.15, -0.1) is 0 Å². The molecule has 20 heavy (non-hydrogen) atoms. The smallest absolute Gasteiger partial charge is 0.124 e. The zero-order valence-corrected chi connectivity index (χ0v) is 12.1. The number of hydrogen-bond acceptors (Lipinski definition) is 3. The summed E-state index contributed by atoms with van der Waals surface area (Å²) in [7, 11) is 1.74. The van der Waals surface area contributed by atoms with Gasteiger partial charge in [0.2, 0.25) is 0 Å². The SMILES string of the molecule is COC1(C)CCCN(Cc2cc(F)cc(C(=N)N)c2)C1. The first-order valence-corrected chi connectivity index (χ1v) is 6.83. The lowest BCUT2D eigenvalue weighted by molar-refractivity contribution is -0.0527. The number of nitrogen functional groups attached to an aromatic ring is 1. The average molecular weight is 279 g/mol. The molecule has 0 spiro atoms. The molecule has 0 bridgehead atoms. The van der Waals surface area contributed by atoms with Crippen LogP contribution in [-0.2, 0) is 11.3 Å². The number of halogens is 1.